The second kappa shape index (κ2) is 6.31. The van der Waals surface area contributed by atoms with Crippen LogP contribution in [0.1, 0.15) is 13.8 Å². The zero-order valence-electron chi connectivity index (χ0n) is 8.12. The lowest BCUT2D eigenvalue weighted by molar-refractivity contribution is 0.147. The van der Waals surface area contributed by atoms with Gasteiger partial charge in [0.25, 0.3) is 0 Å². The standard InChI is InChI=1S/C7H18N2O3S/c1-7(2)13(10,11)9-4-6-12-5-3-8/h7,9H,3-6,8H2,1-2H3. The second-order valence-corrected chi connectivity index (χ2v) is 5.21. The normalized spacial score (nSPS) is 12.3. The topological polar surface area (TPSA) is 81.4 Å². The molecule has 0 aromatic carbocycles. The van der Waals surface area contributed by atoms with Crippen molar-refractivity contribution in [1.29, 1.82) is 0 Å². The number of ether oxygens (including phenoxy) is 1. The number of nitrogens with two attached hydrogens (primary N) is 1. The van der Waals surface area contributed by atoms with Gasteiger partial charge in [0.15, 0.2) is 0 Å². The minimum atomic E-state index is -3.15. The summed E-state index contributed by atoms with van der Waals surface area (Å²) in [5.41, 5.74) is 5.18. The molecule has 0 bridgehead atoms. The Balaban J connectivity index is 3.53. The van der Waals surface area contributed by atoms with E-state index in [4.69, 9.17) is 10.5 Å². The van der Waals surface area contributed by atoms with Crippen molar-refractivity contribution >= 4 is 10.0 Å². The van der Waals surface area contributed by atoms with Gasteiger partial charge in [-0.3, -0.25) is 0 Å². The van der Waals surface area contributed by atoms with Crippen LogP contribution in [0.15, 0.2) is 0 Å². The molecule has 13 heavy (non-hydrogen) atoms. The van der Waals surface area contributed by atoms with Gasteiger partial charge in [0.1, 0.15) is 0 Å². The van der Waals surface area contributed by atoms with Crippen LogP contribution < -0.4 is 10.5 Å². The lowest BCUT2D eigenvalue weighted by Crippen LogP contribution is -2.33. The molecule has 0 aliphatic rings. The Bertz CT molecular complexity index is 214. The number of hydrogen-bond acceptors (Lipinski definition) is 4. The SMILES string of the molecule is CC(C)S(=O)(=O)NCCOCCN. The van der Waals surface area contributed by atoms with Gasteiger partial charge < -0.3 is 10.5 Å². The summed E-state index contributed by atoms with van der Waals surface area (Å²) in [6, 6.07) is 0. The Labute approximate surface area is 79.7 Å². The van der Waals surface area contributed by atoms with E-state index < -0.39 is 15.3 Å². The predicted molar refractivity (Wildman–Crippen MR) is 51.9 cm³/mol. The Morgan fingerprint density at radius 1 is 1.38 bits per heavy atom. The van der Waals surface area contributed by atoms with Crippen LogP contribution in [0.4, 0.5) is 0 Å². The predicted octanol–water partition coefficient (Wildman–Crippen LogP) is -0.710. The van der Waals surface area contributed by atoms with E-state index in [0.717, 1.165) is 0 Å². The van der Waals surface area contributed by atoms with E-state index >= 15 is 0 Å². The molecule has 0 fully saturated rings. The maximum atomic E-state index is 11.2. The average molecular weight is 210 g/mol. The largest absolute Gasteiger partial charge is 0.379 e. The summed E-state index contributed by atoms with van der Waals surface area (Å²) < 4.78 is 29.8. The lowest BCUT2D eigenvalue weighted by Gasteiger charge is -2.09. The quantitative estimate of drug-likeness (QED) is 0.544. The molecule has 0 atom stereocenters. The van der Waals surface area contributed by atoms with Crippen LogP contribution in [-0.4, -0.2) is 40.0 Å². The first-order valence-corrected chi connectivity index (χ1v) is 5.81. The molecule has 80 valence electrons. The van der Waals surface area contributed by atoms with E-state index in [0.29, 0.717) is 26.3 Å². The van der Waals surface area contributed by atoms with E-state index in [2.05, 4.69) is 4.72 Å². The molecule has 0 rings (SSSR count). The minimum Gasteiger partial charge on any atom is -0.379 e. The van der Waals surface area contributed by atoms with Crippen molar-refractivity contribution < 1.29 is 13.2 Å². The van der Waals surface area contributed by atoms with Crippen LogP contribution >= 0.6 is 0 Å². The van der Waals surface area contributed by atoms with E-state index in [1.54, 1.807) is 13.8 Å². The Morgan fingerprint density at radius 3 is 2.46 bits per heavy atom. The van der Waals surface area contributed by atoms with Crippen LogP contribution in [0.25, 0.3) is 0 Å². The van der Waals surface area contributed by atoms with E-state index in [1.807, 2.05) is 0 Å². The van der Waals surface area contributed by atoms with Gasteiger partial charge in [-0.1, -0.05) is 0 Å². The fourth-order valence-electron chi connectivity index (χ4n) is 0.608. The molecule has 0 aliphatic carbocycles. The maximum absolute atomic E-state index is 11.2. The molecule has 0 aromatic heterocycles. The first kappa shape index (κ1) is 12.8. The summed E-state index contributed by atoms with van der Waals surface area (Å²) in [7, 11) is -3.15. The third-order valence-electron chi connectivity index (χ3n) is 1.43. The summed E-state index contributed by atoms with van der Waals surface area (Å²) in [5, 5.41) is -0.401. The molecule has 5 nitrogen and oxygen atoms in total. The third kappa shape index (κ3) is 5.98. The number of sulfonamides is 1. The molecule has 0 saturated carbocycles. The summed E-state index contributed by atoms with van der Waals surface area (Å²) in [6.07, 6.45) is 0. The lowest BCUT2D eigenvalue weighted by atomic mass is 10.6. The molecule has 0 amide bonds. The van der Waals surface area contributed by atoms with Crippen LogP contribution in [0.5, 0.6) is 0 Å². The fraction of sp³-hybridized carbons (Fsp3) is 1.00. The monoisotopic (exact) mass is 210 g/mol. The van der Waals surface area contributed by atoms with E-state index in [1.165, 1.54) is 0 Å². The summed E-state index contributed by atoms with van der Waals surface area (Å²) in [5.74, 6) is 0. The summed E-state index contributed by atoms with van der Waals surface area (Å²) in [4.78, 5) is 0. The molecular weight excluding hydrogens is 192 g/mol. The van der Waals surface area contributed by atoms with Crippen LogP contribution in [0.2, 0.25) is 0 Å². The zero-order chi connectivity index (χ0) is 10.3. The van der Waals surface area contributed by atoms with Crippen molar-refractivity contribution in [2.45, 2.75) is 19.1 Å². The van der Waals surface area contributed by atoms with Crippen molar-refractivity contribution in [3.8, 4) is 0 Å². The van der Waals surface area contributed by atoms with Crippen molar-refractivity contribution in [1.82, 2.24) is 4.72 Å². The Kier molecular flexibility index (Phi) is 6.23. The van der Waals surface area contributed by atoms with Gasteiger partial charge in [-0.2, -0.15) is 0 Å². The van der Waals surface area contributed by atoms with Crippen molar-refractivity contribution in [2.75, 3.05) is 26.3 Å². The third-order valence-corrected chi connectivity index (χ3v) is 3.28. The van der Waals surface area contributed by atoms with Crippen molar-refractivity contribution in [3.05, 3.63) is 0 Å². The summed E-state index contributed by atoms with van der Waals surface area (Å²) >= 11 is 0. The highest BCUT2D eigenvalue weighted by Gasteiger charge is 2.13. The van der Waals surface area contributed by atoms with Crippen LogP contribution in [0.3, 0.4) is 0 Å². The van der Waals surface area contributed by atoms with Crippen molar-refractivity contribution in [2.24, 2.45) is 5.73 Å². The molecule has 0 radical (unpaired) electrons. The highest BCUT2D eigenvalue weighted by atomic mass is 32.2. The number of rotatable bonds is 7. The maximum Gasteiger partial charge on any atom is 0.214 e. The van der Waals surface area contributed by atoms with Crippen LogP contribution in [0, 0.1) is 0 Å². The second-order valence-electron chi connectivity index (χ2n) is 2.89. The molecule has 3 N–H and O–H groups in total. The summed E-state index contributed by atoms with van der Waals surface area (Å²) in [6.45, 7) is 4.84. The molecular formula is C7H18N2O3S. The van der Waals surface area contributed by atoms with Crippen LogP contribution in [-0.2, 0) is 14.8 Å². The highest BCUT2D eigenvalue weighted by Crippen LogP contribution is 1.94. The van der Waals surface area contributed by atoms with Gasteiger partial charge in [0, 0.05) is 13.1 Å². The van der Waals surface area contributed by atoms with Gasteiger partial charge in [-0.15, -0.1) is 0 Å². The molecule has 0 spiro atoms. The molecule has 0 unspecified atom stereocenters. The van der Waals surface area contributed by atoms with Gasteiger partial charge in [0.2, 0.25) is 10.0 Å². The first-order valence-electron chi connectivity index (χ1n) is 4.27. The smallest absolute Gasteiger partial charge is 0.214 e. The van der Waals surface area contributed by atoms with E-state index in [9.17, 15) is 8.42 Å². The molecule has 0 heterocycles. The highest BCUT2D eigenvalue weighted by molar-refractivity contribution is 7.90. The molecule has 0 aliphatic heterocycles. The Hall–Kier alpha value is -0.170. The zero-order valence-corrected chi connectivity index (χ0v) is 8.93. The van der Waals surface area contributed by atoms with Gasteiger partial charge in [-0.05, 0) is 13.8 Å². The van der Waals surface area contributed by atoms with Gasteiger partial charge in [-0.25, -0.2) is 13.1 Å². The molecule has 0 saturated heterocycles. The Morgan fingerprint density at radius 2 is 2.00 bits per heavy atom. The van der Waals surface area contributed by atoms with E-state index in [-0.39, 0.29) is 0 Å². The first-order chi connectivity index (χ1) is 6.00. The van der Waals surface area contributed by atoms with Gasteiger partial charge >= 0.3 is 0 Å². The van der Waals surface area contributed by atoms with Gasteiger partial charge in [0.05, 0.1) is 18.5 Å². The molecule has 0 aromatic rings. The van der Waals surface area contributed by atoms with Crippen molar-refractivity contribution in [3.63, 3.8) is 0 Å². The average Bonchev–Trinajstić information content (AvgIpc) is 2.03. The molecule has 6 heteroatoms. The fourth-order valence-corrected chi connectivity index (χ4v) is 1.31. The number of hydrogen-bond donors (Lipinski definition) is 2. The minimum absolute atomic E-state index is 0.306. The number of nitrogens with one attached hydrogen (secondary N) is 1.